The second kappa shape index (κ2) is 10.1. The molecule has 0 saturated heterocycles. The van der Waals surface area contributed by atoms with Crippen molar-refractivity contribution in [3.8, 4) is 0 Å². The quantitative estimate of drug-likeness (QED) is 0.251. The number of benzene rings is 3. The standard InChI is InChI=1S/C29H30N2OS/c1-21(2)30(24-16-10-6-11-17-24)26-20-27(31(22(3)4)25-18-12-7-13-19-25)33-29(26)28(32)23-14-8-5-9-15-23/h5-22H,1-4H3. The van der Waals surface area contributed by atoms with E-state index in [9.17, 15) is 4.79 Å². The van der Waals surface area contributed by atoms with Crippen LogP contribution in [-0.4, -0.2) is 17.9 Å². The molecule has 0 aliphatic heterocycles. The van der Waals surface area contributed by atoms with Gasteiger partial charge in [0.1, 0.15) is 4.88 Å². The van der Waals surface area contributed by atoms with E-state index < -0.39 is 0 Å². The van der Waals surface area contributed by atoms with Gasteiger partial charge in [0.15, 0.2) is 0 Å². The molecule has 0 bridgehead atoms. The van der Waals surface area contributed by atoms with Crippen molar-refractivity contribution < 1.29 is 4.79 Å². The normalized spacial score (nSPS) is 11.1. The van der Waals surface area contributed by atoms with Crippen LogP contribution in [0.3, 0.4) is 0 Å². The van der Waals surface area contributed by atoms with Gasteiger partial charge in [0.05, 0.1) is 10.7 Å². The van der Waals surface area contributed by atoms with Crippen LogP contribution in [0.2, 0.25) is 0 Å². The van der Waals surface area contributed by atoms with Crippen molar-refractivity contribution in [3.05, 3.63) is 108 Å². The van der Waals surface area contributed by atoms with Gasteiger partial charge >= 0.3 is 0 Å². The van der Waals surface area contributed by atoms with Crippen molar-refractivity contribution >= 4 is 39.2 Å². The van der Waals surface area contributed by atoms with Crippen LogP contribution in [0.15, 0.2) is 97.1 Å². The lowest BCUT2D eigenvalue weighted by molar-refractivity contribution is 0.104. The Balaban J connectivity index is 1.90. The summed E-state index contributed by atoms with van der Waals surface area (Å²) >= 11 is 1.57. The minimum atomic E-state index is 0.0557. The third-order valence-corrected chi connectivity index (χ3v) is 6.66. The van der Waals surface area contributed by atoms with Crippen molar-refractivity contribution in [3.63, 3.8) is 0 Å². The SMILES string of the molecule is CC(C)N(c1ccccc1)c1cc(N(c2ccccc2)C(C)C)c(C(=O)c2ccccc2)s1. The van der Waals surface area contributed by atoms with Gasteiger partial charge in [-0.1, -0.05) is 66.7 Å². The Hall–Kier alpha value is -3.37. The number of hydrogen-bond donors (Lipinski definition) is 0. The maximum absolute atomic E-state index is 13.7. The fraction of sp³-hybridized carbons (Fsp3) is 0.207. The van der Waals surface area contributed by atoms with Crippen molar-refractivity contribution in [1.82, 2.24) is 0 Å². The lowest BCUT2D eigenvalue weighted by Gasteiger charge is -2.30. The molecule has 168 valence electrons. The van der Waals surface area contributed by atoms with Crippen LogP contribution in [-0.2, 0) is 0 Å². The summed E-state index contributed by atoms with van der Waals surface area (Å²) in [5.41, 5.74) is 3.86. The number of carbonyl (C=O) groups excluding carboxylic acids is 1. The van der Waals surface area contributed by atoms with E-state index in [1.807, 2.05) is 54.6 Å². The Morgan fingerprint density at radius 2 is 1.12 bits per heavy atom. The first-order valence-corrected chi connectivity index (χ1v) is 12.2. The minimum Gasteiger partial charge on any atom is -0.338 e. The number of anilines is 4. The predicted molar refractivity (Wildman–Crippen MR) is 142 cm³/mol. The van der Waals surface area contributed by atoms with Crippen molar-refractivity contribution in [1.29, 1.82) is 0 Å². The first kappa shape index (κ1) is 22.8. The Bertz CT molecular complexity index is 1180. The average Bonchev–Trinajstić information content (AvgIpc) is 3.24. The molecule has 0 unspecified atom stereocenters. The van der Waals surface area contributed by atoms with E-state index in [-0.39, 0.29) is 17.9 Å². The fourth-order valence-corrected chi connectivity index (χ4v) is 5.39. The highest BCUT2D eigenvalue weighted by Gasteiger charge is 2.27. The molecule has 4 heteroatoms. The van der Waals surface area contributed by atoms with Gasteiger partial charge in [-0.25, -0.2) is 0 Å². The molecule has 4 rings (SSSR count). The van der Waals surface area contributed by atoms with Crippen LogP contribution in [0.4, 0.5) is 22.1 Å². The zero-order chi connectivity index (χ0) is 23.4. The van der Waals surface area contributed by atoms with Crippen molar-refractivity contribution in [2.24, 2.45) is 0 Å². The zero-order valence-electron chi connectivity index (χ0n) is 19.6. The van der Waals surface area contributed by atoms with Gasteiger partial charge in [-0.2, -0.15) is 0 Å². The molecule has 0 amide bonds. The second-order valence-corrected chi connectivity index (χ2v) is 9.62. The summed E-state index contributed by atoms with van der Waals surface area (Å²) in [4.78, 5) is 19.1. The van der Waals surface area contributed by atoms with Crippen LogP contribution >= 0.6 is 11.3 Å². The molecule has 1 aromatic heterocycles. The summed E-state index contributed by atoms with van der Waals surface area (Å²) in [7, 11) is 0. The van der Waals surface area contributed by atoms with E-state index in [2.05, 4.69) is 80.0 Å². The molecule has 33 heavy (non-hydrogen) atoms. The summed E-state index contributed by atoms with van der Waals surface area (Å²) < 4.78 is 0. The van der Waals surface area contributed by atoms with E-state index in [1.54, 1.807) is 11.3 Å². The minimum absolute atomic E-state index is 0.0557. The average molecular weight is 455 g/mol. The largest absolute Gasteiger partial charge is 0.338 e. The molecule has 0 atom stereocenters. The maximum atomic E-state index is 13.7. The molecule has 0 fully saturated rings. The molecule has 0 aliphatic carbocycles. The van der Waals surface area contributed by atoms with Crippen LogP contribution in [0.1, 0.15) is 42.9 Å². The predicted octanol–water partition coefficient (Wildman–Crippen LogP) is 8.07. The van der Waals surface area contributed by atoms with E-state index >= 15 is 0 Å². The number of para-hydroxylation sites is 2. The number of carbonyl (C=O) groups is 1. The molecule has 0 N–H and O–H groups in total. The summed E-state index contributed by atoms with van der Waals surface area (Å²) in [5.74, 6) is 0.0557. The second-order valence-electron chi connectivity index (χ2n) is 8.59. The zero-order valence-corrected chi connectivity index (χ0v) is 20.4. The molecule has 0 spiro atoms. The van der Waals surface area contributed by atoms with Crippen LogP contribution < -0.4 is 9.80 Å². The van der Waals surface area contributed by atoms with Gasteiger partial charge in [-0.3, -0.25) is 4.79 Å². The van der Waals surface area contributed by atoms with E-state index in [0.29, 0.717) is 5.56 Å². The maximum Gasteiger partial charge on any atom is 0.205 e. The number of ketones is 1. The smallest absolute Gasteiger partial charge is 0.205 e. The Labute approximate surface area is 200 Å². The van der Waals surface area contributed by atoms with E-state index in [1.165, 1.54) is 0 Å². The first-order chi connectivity index (χ1) is 16.0. The highest BCUT2D eigenvalue weighted by Crippen LogP contribution is 2.44. The lowest BCUT2D eigenvalue weighted by Crippen LogP contribution is -2.26. The molecular weight excluding hydrogens is 424 g/mol. The number of thiophene rings is 1. The Morgan fingerprint density at radius 3 is 1.61 bits per heavy atom. The van der Waals surface area contributed by atoms with E-state index in [0.717, 1.165) is 26.9 Å². The summed E-state index contributed by atoms with van der Waals surface area (Å²) in [6, 6.07) is 32.9. The summed E-state index contributed by atoms with van der Waals surface area (Å²) in [5, 5.41) is 1.06. The molecule has 1 heterocycles. The topological polar surface area (TPSA) is 23.6 Å². The molecule has 4 aromatic rings. The Morgan fingerprint density at radius 1 is 0.667 bits per heavy atom. The van der Waals surface area contributed by atoms with E-state index in [4.69, 9.17) is 0 Å². The van der Waals surface area contributed by atoms with Crippen LogP contribution in [0.5, 0.6) is 0 Å². The summed E-state index contributed by atoms with van der Waals surface area (Å²) in [6.45, 7) is 8.70. The van der Waals surface area contributed by atoms with Gasteiger partial charge in [-0.05, 0) is 58.0 Å². The Kier molecular flexibility index (Phi) is 6.95. The molecule has 3 aromatic carbocycles. The monoisotopic (exact) mass is 454 g/mol. The third-order valence-electron chi connectivity index (χ3n) is 5.54. The van der Waals surface area contributed by atoms with Crippen LogP contribution in [0.25, 0.3) is 0 Å². The van der Waals surface area contributed by atoms with Crippen molar-refractivity contribution in [2.45, 2.75) is 39.8 Å². The highest BCUT2D eigenvalue weighted by molar-refractivity contribution is 7.18. The number of hydrogen-bond acceptors (Lipinski definition) is 4. The van der Waals surface area contributed by atoms with Gasteiger partial charge < -0.3 is 9.80 Å². The first-order valence-electron chi connectivity index (χ1n) is 11.4. The van der Waals surface area contributed by atoms with Gasteiger partial charge in [0, 0.05) is 29.0 Å². The molecular formula is C29H30N2OS. The summed E-state index contributed by atoms with van der Waals surface area (Å²) in [6.07, 6.45) is 0. The molecule has 0 radical (unpaired) electrons. The van der Waals surface area contributed by atoms with Crippen LogP contribution in [0, 0.1) is 0 Å². The lowest BCUT2D eigenvalue weighted by atomic mass is 10.1. The number of nitrogens with zero attached hydrogens (tertiary/aromatic N) is 2. The fourth-order valence-electron chi connectivity index (χ4n) is 4.12. The number of rotatable bonds is 8. The highest BCUT2D eigenvalue weighted by atomic mass is 32.1. The van der Waals surface area contributed by atoms with Gasteiger partial charge in [-0.15, -0.1) is 11.3 Å². The molecule has 0 saturated carbocycles. The molecule has 0 aliphatic rings. The van der Waals surface area contributed by atoms with Gasteiger partial charge in [0.25, 0.3) is 0 Å². The molecule has 3 nitrogen and oxygen atoms in total. The third kappa shape index (κ3) is 4.86. The van der Waals surface area contributed by atoms with Crippen molar-refractivity contribution in [2.75, 3.05) is 9.80 Å². The van der Waals surface area contributed by atoms with Gasteiger partial charge in [0.2, 0.25) is 5.78 Å².